The minimum Gasteiger partial charge on any atom is -0.361 e. The number of H-pyrrole nitrogens is 1. The van der Waals surface area contributed by atoms with Gasteiger partial charge in [-0.3, -0.25) is 4.99 Å². The molecule has 7 nitrogen and oxygen atoms in total. The number of aliphatic imine (C=N–C) groups is 1. The van der Waals surface area contributed by atoms with E-state index in [4.69, 9.17) is 0 Å². The summed E-state index contributed by atoms with van der Waals surface area (Å²) in [5.74, 6) is 2.90. The molecule has 0 bridgehead atoms. The summed E-state index contributed by atoms with van der Waals surface area (Å²) < 4.78 is 2.26. The first-order valence-electron chi connectivity index (χ1n) is 9.75. The highest BCUT2D eigenvalue weighted by Crippen LogP contribution is 2.17. The van der Waals surface area contributed by atoms with Crippen LogP contribution in [-0.2, 0) is 25.9 Å². The second-order valence-electron chi connectivity index (χ2n) is 6.96. The van der Waals surface area contributed by atoms with Crippen LogP contribution in [0.1, 0.15) is 36.5 Å². The number of hydrogen-bond donors (Lipinski definition) is 3. The van der Waals surface area contributed by atoms with Gasteiger partial charge in [0.1, 0.15) is 5.82 Å². The van der Waals surface area contributed by atoms with E-state index in [1.807, 2.05) is 0 Å². The van der Waals surface area contributed by atoms with Gasteiger partial charge in [0, 0.05) is 43.7 Å². The Hall–Kier alpha value is -2.10. The summed E-state index contributed by atoms with van der Waals surface area (Å²) in [6.07, 6.45) is 7.75. The van der Waals surface area contributed by atoms with Crippen molar-refractivity contribution >= 4 is 40.8 Å². The van der Waals surface area contributed by atoms with Crippen molar-refractivity contribution in [1.82, 2.24) is 30.4 Å². The van der Waals surface area contributed by atoms with E-state index in [0.29, 0.717) is 6.54 Å². The van der Waals surface area contributed by atoms with Crippen molar-refractivity contribution in [1.29, 1.82) is 0 Å². The molecule has 1 aromatic carbocycles. The van der Waals surface area contributed by atoms with E-state index in [0.717, 1.165) is 43.5 Å². The predicted octanol–water partition coefficient (Wildman–Crippen LogP) is 3.01. The van der Waals surface area contributed by atoms with Gasteiger partial charge in [-0.1, -0.05) is 24.6 Å². The monoisotopic (exact) mass is 493 g/mol. The summed E-state index contributed by atoms with van der Waals surface area (Å²) in [6.45, 7) is 2.48. The largest absolute Gasteiger partial charge is 0.361 e. The molecule has 0 fully saturated rings. The Kier molecular flexibility index (Phi) is 7.30. The topological polar surface area (TPSA) is 82.9 Å². The van der Waals surface area contributed by atoms with Gasteiger partial charge in [0.25, 0.3) is 0 Å². The van der Waals surface area contributed by atoms with Crippen LogP contribution in [0.25, 0.3) is 10.9 Å². The maximum atomic E-state index is 4.36. The first-order valence-corrected chi connectivity index (χ1v) is 9.75. The maximum absolute atomic E-state index is 4.36. The number of aromatic nitrogens is 4. The summed E-state index contributed by atoms with van der Waals surface area (Å²) in [4.78, 5) is 7.65. The summed E-state index contributed by atoms with van der Waals surface area (Å²) in [5.41, 5.74) is 2.50. The number of para-hydroxylation sites is 1. The lowest BCUT2D eigenvalue weighted by molar-refractivity contribution is 0.596. The summed E-state index contributed by atoms with van der Waals surface area (Å²) in [5, 5.41) is 16.8. The molecule has 0 radical (unpaired) electrons. The maximum Gasteiger partial charge on any atom is 0.191 e. The standard InChI is InChI=1S/C20H27N7.HI/c1-21-20(22-11-10-15-13-23-17-8-5-4-7-16(15)17)24-14-19-26-25-18-9-3-2-6-12-27(18)19;/h4-5,7-8,13,23H,2-3,6,9-12,14H2,1H3,(H2,21,22,24);1H. The Balaban J connectivity index is 0.00000225. The normalized spacial score (nSPS) is 14.2. The van der Waals surface area contributed by atoms with Crippen molar-refractivity contribution in [3.05, 3.63) is 47.7 Å². The van der Waals surface area contributed by atoms with Crippen LogP contribution >= 0.6 is 24.0 Å². The first-order chi connectivity index (χ1) is 13.3. The molecule has 0 atom stereocenters. The molecule has 28 heavy (non-hydrogen) atoms. The summed E-state index contributed by atoms with van der Waals surface area (Å²) in [6, 6.07) is 8.40. The fourth-order valence-electron chi connectivity index (χ4n) is 3.71. The SMILES string of the molecule is CN=C(NCCc1c[nH]c2ccccc12)NCc1nnc2n1CCCCC2.I. The van der Waals surface area contributed by atoms with Crippen molar-refractivity contribution < 1.29 is 0 Å². The highest BCUT2D eigenvalue weighted by atomic mass is 127. The minimum absolute atomic E-state index is 0. The third-order valence-electron chi connectivity index (χ3n) is 5.19. The van der Waals surface area contributed by atoms with Gasteiger partial charge in [-0.2, -0.15) is 0 Å². The van der Waals surface area contributed by atoms with Crippen LogP contribution < -0.4 is 10.6 Å². The zero-order valence-corrected chi connectivity index (χ0v) is 18.6. The molecule has 0 spiro atoms. The van der Waals surface area contributed by atoms with Gasteiger partial charge in [0.15, 0.2) is 11.8 Å². The zero-order valence-electron chi connectivity index (χ0n) is 16.2. The predicted molar refractivity (Wildman–Crippen MR) is 123 cm³/mol. The second-order valence-corrected chi connectivity index (χ2v) is 6.96. The van der Waals surface area contributed by atoms with Crippen LogP contribution in [0, 0.1) is 0 Å². The third kappa shape index (κ3) is 4.65. The van der Waals surface area contributed by atoms with E-state index < -0.39 is 0 Å². The molecular weight excluding hydrogens is 465 g/mol. The second kappa shape index (κ2) is 9.90. The molecule has 0 saturated heterocycles. The van der Waals surface area contributed by atoms with Crippen molar-refractivity contribution in [3.8, 4) is 0 Å². The lowest BCUT2D eigenvalue weighted by atomic mass is 10.1. The quantitative estimate of drug-likeness (QED) is 0.290. The molecule has 0 unspecified atom stereocenters. The average Bonchev–Trinajstić information content (AvgIpc) is 3.21. The van der Waals surface area contributed by atoms with E-state index in [9.17, 15) is 0 Å². The molecule has 0 aliphatic carbocycles. The van der Waals surface area contributed by atoms with Crippen LogP contribution in [0.2, 0.25) is 0 Å². The lowest BCUT2D eigenvalue weighted by Gasteiger charge is -2.12. The summed E-state index contributed by atoms with van der Waals surface area (Å²) in [7, 11) is 1.80. The Morgan fingerprint density at radius 3 is 2.96 bits per heavy atom. The molecule has 150 valence electrons. The van der Waals surface area contributed by atoms with E-state index in [2.05, 4.69) is 65.8 Å². The number of benzene rings is 1. The number of nitrogens with one attached hydrogen (secondary N) is 3. The van der Waals surface area contributed by atoms with Gasteiger partial charge in [-0.15, -0.1) is 34.2 Å². The molecule has 0 amide bonds. The molecule has 2 aromatic heterocycles. The van der Waals surface area contributed by atoms with Gasteiger partial charge in [0.05, 0.1) is 6.54 Å². The van der Waals surface area contributed by atoms with E-state index in [1.165, 1.54) is 35.7 Å². The molecular formula is C20H28IN7. The Morgan fingerprint density at radius 2 is 2.07 bits per heavy atom. The number of guanidine groups is 1. The molecule has 1 aliphatic rings. The fraction of sp³-hybridized carbons (Fsp3) is 0.450. The highest BCUT2D eigenvalue weighted by molar-refractivity contribution is 14.0. The number of aromatic amines is 1. The molecule has 3 heterocycles. The molecule has 8 heteroatoms. The third-order valence-corrected chi connectivity index (χ3v) is 5.19. The zero-order chi connectivity index (χ0) is 18.5. The van der Waals surface area contributed by atoms with Crippen LogP contribution in [0.15, 0.2) is 35.5 Å². The number of aryl methyl sites for hydroxylation is 1. The summed E-state index contributed by atoms with van der Waals surface area (Å²) >= 11 is 0. The van der Waals surface area contributed by atoms with Crippen molar-refractivity contribution in [2.24, 2.45) is 4.99 Å². The van der Waals surface area contributed by atoms with E-state index in [-0.39, 0.29) is 24.0 Å². The van der Waals surface area contributed by atoms with Crippen LogP contribution in [-0.4, -0.2) is 39.3 Å². The molecule has 0 saturated carbocycles. The smallest absolute Gasteiger partial charge is 0.191 e. The highest BCUT2D eigenvalue weighted by Gasteiger charge is 2.14. The lowest BCUT2D eigenvalue weighted by Crippen LogP contribution is -2.38. The van der Waals surface area contributed by atoms with Crippen molar-refractivity contribution in [2.45, 2.75) is 45.2 Å². The average molecular weight is 493 g/mol. The molecule has 3 N–H and O–H groups in total. The Bertz CT molecular complexity index is 928. The van der Waals surface area contributed by atoms with Gasteiger partial charge < -0.3 is 20.2 Å². The number of rotatable bonds is 5. The van der Waals surface area contributed by atoms with Crippen LogP contribution in [0.5, 0.6) is 0 Å². The number of halogens is 1. The fourth-order valence-corrected chi connectivity index (χ4v) is 3.71. The van der Waals surface area contributed by atoms with Crippen molar-refractivity contribution in [2.75, 3.05) is 13.6 Å². The Labute approximate surface area is 182 Å². The molecule has 3 aromatic rings. The van der Waals surface area contributed by atoms with Crippen molar-refractivity contribution in [3.63, 3.8) is 0 Å². The van der Waals surface area contributed by atoms with Gasteiger partial charge in [-0.25, -0.2) is 0 Å². The molecule has 4 rings (SSSR count). The van der Waals surface area contributed by atoms with E-state index >= 15 is 0 Å². The first kappa shape index (κ1) is 20.6. The van der Waals surface area contributed by atoms with Crippen LogP contribution in [0.4, 0.5) is 0 Å². The number of fused-ring (bicyclic) bond motifs is 2. The van der Waals surface area contributed by atoms with E-state index in [1.54, 1.807) is 7.05 Å². The van der Waals surface area contributed by atoms with Gasteiger partial charge in [0.2, 0.25) is 0 Å². The van der Waals surface area contributed by atoms with Gasteiger partial charge in [-0.05, 0) is 30.9 Å². The number of hydrogen-bond acceptors (Lipinski definition) is 3. The minimum atomic E-state index is 0. The number of nitrogens with zero attached hydrogens (tertiary/aromatic N) is 4. The molecule has 1 aliphatic heterocycles. The van der Waals surface area contributed by atoms with Crippen LogP contribution in [0.3, 0.4) is 0 Å². The Morgan fingerprint density at radius 1 is 1.18 bits per heavy atom. The van der Waals surface area contributed by atoms with Gasteiger partial charge >= 0.3 is 0 Å².